The Morgan fingerprint density at radius 3 is 2.75 bits per heavy atom. The van der Waals surface area contributed by atoms with Gasteiger partial charge in [0.2, 0.25) is 5.01 Å². The molecule has 0 aromatic carbocycles. The molecule has 0 unspecified atom stereocenters. The molecular formula is C5H5N5OS. The molecule has 12 heavy (non-hydrogen) atoms. The maximum Gasteiger partial charge on any atom is 0.313 e. The van der Waals surface area contributed by atoms with Gasteiger partial charge < -0.3 is 10.2 Å². The van der Waals surface area contributed by atoms with Gasteiger partial charge in [0.25, 0.3) is 5.89 Å². The van der Waals surface area contributed by atoms with Gasteiger partial charge >= 0.3 is 6.01 Å². The van der Waals surface area contributed by atoms with Gasteiger partial charge in [-0.3, -0.25) is 0 Å². The van der Waals surface area contributed by atoms with Crippen LogP contribution in [-0.4, -0.2) is 19.6 Å². The molecule has 0 aliphatic heterocycles. The van der Waals surface area contributed by atoms with Crippen LogP contribution in [-0.2, 0) is 0 Å². The number of aromatic nitrogens is 4. The quantitative estimate of drug-likeness (QED) is 0.691. The van der Waals surface area contributed by atoms with E-state index in [2.05, 4.69) is 19.6 Å². The van der Waals surface area contributed by atoms with E-state index in [-0.39, 0.29) is 6.01 Å². The third-order valence-corrected chi connectivity index (χ3v) is 1.95. The summed E-state index contributed by atoms with van der Waals surface area (Å²) in [7, 11) is 0. The highest BCUT2D eigenvalue weighted by Crippen LogP contribution is 2.19. The zero-order valence-corrected chi connectivity index (χ0v) is 7.00. The van der Waals surface area contributed by atoms with E-state index in [0.717, 1.165) is 0 Å². The first-order valence-electron chi connectivity index (χ1n) is 3.15. The number of nitrogen functional groups attached to an aromatic ring is 1. The molecule has 0 amide bonds. The molecule has 0 fully saturated rings. The molecule has 2 rings (SSSR count). The van der Waals surface area contributed by atoms with E-state index in [1.165, 1.54) is 11.5 Å². The van der Waals surface area contributed by atoms with Gasteiger partial charge in [-0.25, -0.2) is 4.98 Å². The second kappa shape index (κ2) is 2.52. The van der Waals surface area contributed by atoms with Crippen LogP contribution in [0.25, 0.3) is 10.9 Å². The van der Waals surface area contributed by atoms with E-state index in [4.69, 9.17) is 10.2 Å². The van der Waals surface area contributed by atoms with Crippen molar-refractivity contribution in [2.45, 2.75) is 6.92 Å². The lowest BCUT2D eigenvalue weighted by atomic mass is 10.6. The number of hydrogen-bond donors (Lipinski definition) is 1. The summed E-state index contributed by atoms with van der Waals surface area (Å²) < 4.78 is 8.91. The second-order valence-corrected chi connectivity index (χ2v) is 2.84. The zero-order chi connectivity index (χ0) is 8.55. The molecule has 2 N–H and O–H groups in total. The minimum absolute atomic E-state index is 0.0397. The van der Waals surface area contributed by atoms with Crippen molar-refractivity contribution in [3.8, 4) is 10.9 Å². The molecule has 62 valence electrons. The van der Waals surface area contributed by atoms with Gasteiger partial charge in [0.1, 0.15) is 5.82 Å². The van der Waals surface area contributed by atoms with Gasteiger partial charge in [-0.1, -0.05) is 5.10 Å². The first-order chi connectivity index (χ1) is 5.75. The van der Waals surface area contributed by atoms with Crippen molar-refractivity contribution in [1.29, 1.82) is 0 Å². The molecule has 0 aliphatic rings. The molecule has 0 spiro atoms. The topological polar surface area (TPSA) is 90.7 Å². The fourth-order valence-corrected chi connectivity index (χ4v) is 1.30. The highest BCUT2D eigenvalue weighted by Gasteiger charge is 2.10. The summed E-state index contributed by atoms with van der Waals surface area (Å²) in [4.78, 5) is 4.05. The minimum Gasteiger partial charge on any atom is -0.401 e. The fraction of sp³-hybridized carbons (Fsp3) is 0.200. The molecular weight excluding hydrogens is 178 g/mol. The molecule has 0 atom stereocenters. The Balaban J connectivity index is 2.43. The number of aryl methyl sites for hydroxylation is 1. The van der Waals surface area contributed by atoms with E-state index in [9.17, 15) is 0 Å². The number of hydrogen-bond acceptors (Lipinski definition) is 7. The standard InChI is InChI=1S/C5H5N5OS/c1-2-7-4(12-10-2)3-8-9-5(6)11-3/h1H3,(H2,6,9). The first-order valence-corrected chi connectivity index (χ1v) is 3.93. The van der Waals surface area contributed by atoms with Gasteiger partial charge in [0.05, 0.1) is 0 Å². The van der Waals surface area contributed by atoms with Crippen LogP contribution >= 0.6 is 11.5 Å². The summed E-state index contributed by atoms with van der Waals surface area (Å²) in [5, 5.41) is 7.76. The average molecular weight is 183 g/mol. The van der Waals surface area contributed by atoms with E-state index < -0.39 is 0 Å². The largest absolute Gasteiger partial charge is 0.401 e. The Morgan fingerprint density at radius 1 is 1.42 bits per heavy atom. The van der Waals surface area contributed by atoms with Crippen molar-refractivity contribution in [3.05, 3.63) is 5.82 Å². The third-order valence-electron chi connectivity index (χ3n) is 1.15. The maximum absolute atomic E-state index is 5.24. The number of nitrogens with zero attached hydrogens (tertiary/aromatic N) is 4. The van der Waals surface area contributed by atoms with Crippen molar-refractivity contribution >= 4 is 17.5 Å². The van der Waals surface area contributed by atoms with Crippen molar-refractivity contribution in [3.63, 3.8) is 0 Å². The van der Waals surface area contributed by atoms with Crippen LogP contribution in [0.4, 0.5) is 6.01 Å². The molecule has 2 aromatic rings. The zero-order valence-electron chi connectivity index (χ0n) is 6.18. The lowest BCUT2D eigenvalue weighted by Crippen LogP contribution is -1.81. The van der Waals surface area contributed by atoms with E-state index in [0.29, 0.717) is 16.7 Å². The summed E-state index contributed by atoms with van der Waals surface area (Å²) in [6, 6.07) is 0.0397. The van der Waals surface area contributed by atoms with Crippen molar-refractivity contribution < 1.29 is 4.42 Å². The summed E-state index contributed by atoms with van der Waals surface area (Å²) in [5.41, 5.74) is 5.24. The lowest BCUT2D eigenvalue weighted by molar-refractivity contribution is 0.589. The monoisotopic (exact) mass is 183 g/mol. The van der Waals surface area contributed by atoms with E-state index in [1.54, 1.807) is 6.92 Å². The molecule has 2 heterocycles. The molecule has 0 radical (unpaired) electrons. The van der Waals surface area contributed by atoms with Crippen molar-refractivity contribution in [1.82, 2.24) is 19.6 Å². The van der Waals surface area contributed by atoms with Gasteiger partial charge in [-0.05, 0) is 18.5 Å². The Hall–Kier alpha value is -1.50. The van der Waals surface area contributed by atoms with Crippen LogP contribution in [0.2, 0.25) is 0 Å². The molecule has 6 nitrogen and oxygen atoms in total. The summed E-state index contributed by atoms with van der Waals surface area (Å²) in [6.45, 7) is 1.79. The Bertz CT molecular complexity index is 356. The van der Waals surface area contributed by atoms with Crippen molar-refractivity contribution in [2.75, 3.05) is 5.73 Å². The predicted molar refractivity (Wildman–Crippen MR) is 42.4 cm³/mol. The Kier molecular flexibility index (Phi) is 1.51. The molecule has 0 aliphatic carbocycles. The number of nitrogens with two attached hydrogens (primary N) is 1. The number of rotatable bonds is 1. The SMILES string of the molecule is Cc1nsc(-c2nnc(N)o2)n1. The summed E-state index contributed by atoms with van der Waals surface area (Å²) in [5.74, 6) is 1.00. The predicted octanol–water partition coefficient (Wildman–Crippen LogP) is 0.479. The van der Waals surface area contributed by atoms with Gasteiger partial charge in [0, 0.05) is 0 Å². The minimum atomic E-state index is 0.0397. The van der Waals surface area contributed by atoms with Crippen LogP contribution in [0, 0.1) is 6.92 Å². The molecule has 2 aromatic heterocycles. The third kappa shape index (κ3) is 1.14. The molecule has 0 saturated heterocycles. The highest BCUT2D eigenvalue weighted by atomic mass is 32.1. The van der Waals surface area contributed by atoms with Gasteiger partial charge in [-0.15, -0.1) is 5.10 Å². The molecule has 7 heteroatoms. The van der Waals surface area contributed by atoms with Crippen LogP contribution in [0.15, 0.2) is 4.42 Å². The van der Waals surface area contributed by atoms with Crippen LogP contribution in [0.1, 0.15) is 5.82 Å². The van der Waals surface area contributed by atoms with Crippen LogP contribution in [0.3, 0.4) is 0 Å². The molecule has 0 saturated carbocycles. The first kappa shape index (κ1) is 7.17. The summed E-state index contributed by atoms with van der Waals surface area (Å²) in [6.07, 6.45) is 0. The van der Waals surface area contributed by atoms with Gasteiger partial charge in [-0.2, -0.15) is 4.37 Å². The lowest BCUT2D eigenvalue weighted by Gasteiger charge is -1.80. The Morgan fingerprint density at radius 2 is 2.25 bits per heavy atom. The van der Waals surface area contributed by atoms with E-state index >= 15 is 0 Å². The van der Waals surface area contributed by atoms with Crippen molar-refractivity contribution in [2.24, 2.45) is 0 Å². The summed E-state index contributed by atoms with van der Waals surface area (Å²) >= 11 is 1.20. The normalized spacial score (nSPS) is 10.4. The Labute approximate surface area is 71.6 Å². The van der Waals surface area contributed by atoms with Crippen LogP contribution in [0.5, 0.6) is 0 Å². The average Bonchev–Trinajstić information content (AvgIpc) is 2.58. The maximum atomic E-state index is 5.24. The van der Waals surface area contributed by atoms with E-state index in [1.807, 2.05) is 0 Å². The molecule has 0 bridgehead atoms. The van der Waals surface area contributed by atoms with Crippen LogP contribution < -0.4 is 5.73 Å². The number of anilines is 1. The van der Waals surface area contributed by atoms with Gasteiger partial charge in [0.15, 0.2) is 0 Å². The smallest absolute Gasteiger partial charge is 0.313 e. The fourth-order valence-electron chi connectivity index (χ4n) is 0.705. The second-order valence-electron chi connectivity index (χ2n) is 2.09. The highest BCUT2D eigenvalue weighted by molar-refractivity contribution is 7.09.